The number of nitrogens with zero attached hydrogens (tertiary/aromatic N) is 3. The number of nitrogens with two attached hydrogens (primary N) is 1. The van der Waals surface area contributed by atoms with E-state index in [1.807, 2.05) is 0 Å². The van der Waals surface area contributed by atoms with Crippen LogP contribution in [0.5, 0.6) is 5.88 Å². The average molecular weight is 401 g/mol. The van der Waals surface area contributed by atoms with Crippen LogP contribution < -0.4 is 15.8 Å². The minimum atomic E-state index is -0.682. The number of nitrogens with one attached hydrogen (secondary N) is 1. The number of carbonyl (C=O) groups is 2. The summed E-state index contributed by atoms with van der Waals surface area (Å²) in [7, 11) is 1.52. The molecular formula is C20H27N5O4. The van der Waals surface area contributed by atoms with Crippen LogP contribution in [-0.4, -0.2) is 58.2 Å². The van der Waals surface area contributed by atoms with Crippen molar-refractivity contribution in [2.45, 2.75) is 51.3 Å². The molecule has 1 aliphatic heterocycles. The van der Waals surface area contributed by atoms with Crippen LogP contribution in [0.4, 0.5) is 10.5 Å². The predicted molar refractivity (Wildman–Crippen MR) is 109 cm³/mol. The predicted octanol–water partition coefficient (Wildman–Crippen LogP) is 2.30. The van der Waals surface area contributed by atoms with Crippen molar-refractivity contribution in [2.75, 3.05) is 19.0 Å². The standard InChI is InChI=1S/C20H27N5O4/c1-20(2,3)29-19(27)25-11-12(21)5-7-15(25)18(26)23-14-9-10-22-13-6-8-16(28-4)24-17(13)14/h6,8-10,12,15H,5,7,11,21H2,1-4H3,(H,22,23,26). The summed E-state index contributed by atoms with van der Waals surface area (Å²) in [4.78, 5) is 35.8. The van der Waals surface area contributed by atoms with Crippen molar-refractivity contribution in [3.8, 4) is 5.88 Å². The molecule has 2 aromatic rings. The molecule has 2 aromatic heterocycles. The molecule has 0 aromatic carbocycles. The molecule has 2 atom stereocenters. The van der Waals surface area contributed by atoms with Crippen LogP contribution in [0.1, 0.15) is 33.6 Å². The van der Waals surface area contributed by atoms with Gasteiger partial charge in [0.15, 0.2) is 0 Å². The first-order valence-electron chi connectivity index (χ1n) is 9.54. The van der Waals surface area contributed by atoms with Gasteiger partial charge in [-0.2, -0.15) is 0 Å². The number of rotatable bonds is 3. The van der Waals surface area contributed by atoms with Gasteiger partial charge in [-0.15, -0.1) is 0 Å². The van der Waals surface area contributed by atoms with E-state index in [0.717, 1.165) is 0 Å². The first-order chi connectivity index (χ1) is 13.7. The molecule has 0 spiro atoms. The second-order valence-corrected chi connectivity index (χ2v) is 8.06. The van der Waals surface area contributed by atoms with Crippen LogP contribution >= 0.6 is 0 Å². The third-order valence-corrected chi connectivity index (χ3v) is 4.57. The molecule has 0 bridgehead atoms. The smallest absolute Gasteiger partial charge is 0.411 e. The molecular weight excluding hydrogens is 374 g/mol. The quantitative estimate of drug-likeness (QED) is 0.810. The maximum Gasteiger partial charge on any atom is 0.411 e. The second kappa shape index (κ2) is 8.20. The first-order valence-corrected chi connectivity index (χ1v) is 9.54. The van der Waals surface area contributed by atoms with E-state index in [0.29, 0.717) is 35.4 Å². The third-order valence-electron chi connectivity index (χ3n) is 4.57. The summed E-state index contributed by atoms with van der Waals surface area (Å²) < 4.78 is 10.6. The molecule has 1 saturated heterocycles. The lowest BCUT2D eigenvalue weighted by Crippen LogP contribution is -2.56. The Balaban J connectivity index is 1.84. The van der Waals surface area contributed by atoms with Gasteiger partial charge in [0, 0.05) is 24.8 Å². The van der Waals surface area contributed by atoms with E-state index in [-0.39, 0.29) is 18.5 Å². The van der Waals surface area contributed by atoms with Gasteiger partial charge >= 0.3 is 6.09 Å². The lowest BCUT2D eigenvalue weighted by atomic mass is 9.98. The highest BCUT2D eigenvalue weighted by molar-refractivity contribution is 6.02. The zero-order valence-corrected chi connectivity index (χ0v) is 17.1. The molecule has 9 heteroatoms. The van der Waals surface area contributed by atoms with Crippen LogP contribution in [0, 0.1) is 0 Å². The number of amides is 2. The number of pyridine rings is 2. The van der Waals surface area contributed by atoms with E-state index < -0.39 is 17.7 Å². The highest BCUT2D eigenvalue weighted by atomic mass is 16.6. The number of ether oxygens (including phenoxy) is 2. The van der Waals surface area contributed by atoms with E-state index in [1.165, 1.54) is 12.0 Å². The molecule has 0 radical (unpaired) electrons. The summed E-state index contributed by atoms with van der Waals surface area (Å²) in [6, 6.07) is 4.26. The number of hydrogen-bond donors (Lipinski definition) is 2. The molecule has 2 amide bonds. The number of likely N-dealkylation sites (tertiary alicyclic amines) is 1. The van der Waals surface area contributed by atoms with E-state index in [4.69, 9.17) is 15.2 Å². The number of carbonyl (C=O) groups excluding carboxylic acids is 2. The number of hydrogen-bond acceptors (Lipinski definition) is 7. The molecule has 156 valence electrons. The normalized spacial score (nSPS) is 19.7. The minimum Gasteiger partial charge on any atom is -0.481 e. The van der Waals surface area contributed by atoms with Crippen LogP contribution in [0.15, 0.2) is 24.4 Å². The fraction of sp³-hybridized carbons (Fsp3) is 0.500. The zero-order valence-electron chi connectivity index (χ0n) is 17.1. The Kier molecular flexibility index (Phi) is 5.88. The number of fused-ring (bicyclic) bond motifs is 1. The van der Waals surface area contributed by atoms with Crippen molar-refractivity contribution in [2.24, 2.45) is 5.73 Å². The van der Waals surface area contributed by atoms with Gasteiger partial charge in [-0.25, -0.2) is 9.78 Å². The van der Waals surface area contributed by atoms with Gasteiger partial charge < -0.3 is 20.5 Å². The maximum atomic E-state index is 13.1. The fourth-order valence-corrected chi connectivity index (χ4v) is 3.23. The lowest BCUT2D eigenvalue weighted by molar-refractivity contribution is -0.122. The maximum absolute atomic E-state index is 13.1. The van der Waals surface area contributed by atoms with Crippen LogP contribution in [0.25, 0.3) is 11.0 Å². The number of anilines is 1. The largest absolute Gasteiger partial charge is 0.481 e. The van der Waals surface area contributed by atoms with Crippen molar-refractivity contribution in [3.05, 3.63) is 24.4 Å². The summed E-state index contributed by atoms with van der Waals surface area (Å²) in [5.41, 5.74) is 7.00. The number of methoxy groups -OCH3 is 1. The van der Waals surface area contributed by atoms with Crippen molar-refractivity contribution in [3.63, 3.8) is 0 Å². The summed E-state index contributed by atoms with van der Waals surface area (Å²) in [5.74, 6) is 0.0971. The van der Waals surface area contributed by atoms with Crippen molar-refractivity contribution in [1.82, 2.24) is 14.9 Å². The van der Waals surface area contributed by atoms with Gasteiger partial charge in [0.1, 0.15) is 17.2 Å². The molecule has 1 fully saturated rings. The SMILES string of the molecule is COc1ccc2nccc(NC(=O)C3CCC(N)CN3C(=O)OC(C)(C)C)c2n1. The highest BCUT2D eigenvalue weighted by Gasteiger charge is 2.37. The minimum absolute atomic E-state index is 0.195. The Bertz CT molecular complexity index is 911. The highest BCUT2D eigenvalue weighted by Crippen LogP contribution is 2.25. The number of piperidine rings is 1. The van der Waals surface area contributed by atoms with Crippen molar-refractivity contribution >= 4 is 28.7 Å². The van der Waals surface area contributed by atoms with Crippen molar-refractivity contribution in [1.29, 1.82) is 0 Å². The molecule has 1 aliphatic rings. The van der Waals surface area contributed by atoms with E-state index in [9.17, 15) is 9.59 Å². The summed E-state index contributed by atoms with van der Waals surface area (Å²) in [6.45, 7) is 5.61. The Morgan fingerprint density at radius 3 is 2.69 bits per heavy atom. The average Bonchev–Trinajstić information content (AvgIpc) is 2.66. The second-order valence-electron chi connectivity index (χ2n) is 8.06. The molecule has 3 rings (SSSR count). The van der Waals surface area contributed by atoms with E-state index in [2.05, 4.69) is 15.3 Å². The summed E-state index contributed by atoms with van der Waals surface area (Å²) in [6.07, 6.45) is 2.13. The number of aromatic nitrogens is 2. The molecule has 2 unspecified atom stereocenters. The molecule has 29 heavy (non-hydrogen) atoms. The van der Waals surface area contributed by atoms with Crippen LogP contribution in [0.2, 0.25) is 0 Å². The molecule has 0 aliphatic carbocycles. The summed E-state index contributed by atoms with van der Waals surface area (Å²) >= 11 is 0. The van der Waals surface area contributed by atoms with E-state index in [1.54, 1.807) is 45.2 Å². The Morgan fingerprint density at radius 1 is 1.24 bits per heavy atom. The van der Waals surface area contributed by atoms with Crippen LogP contribution in [-0.2, 0) is 9.53 Å². The third kappa shape index (κ3) is 4.92. The monoisotopic (exact) mass is 401 g/mol. The summed E-state index contributed by atoms with van der Waals surface area (Å²) in [5, 5.41) is 2.88. The molecule has 3 heterocycles. The van der Waals surface area contributed by atoms with Crippen molar-refractivity contribution < 1.29 is 19.1 Å². The molecule has 9 nitrogen and oxygen atoms in total. The molecule has 0 saturated carbocycles. The first kappa shape index (κ1) is 20.8. The van der Waals surface area contributed by atoms with E-state index >= 15 is 0 Å². The molecule has 3 N–H and O–H groups in total. The zero-order chi connectivity index (χ0) is 21.2. The topological polar surface area (TPSA) is 120 Å². The van der Waals surface area contributed by atoms with Crippen LogP contribution in [0.3, 0.4) is 0 Å². The van der Waals surface area contributed by atoms with Gasteiger partial charge in [-0.3, -0.25) is 14.7 Å². The van der Waals surface area contributed by atoms with Gasteiger partial charge in [-0.1, -0.05) is 0 Å². The lowest BCUT2D eigenvalue weighted by Gasteiger charge is -2.38. The Hall–Kier alpha value is -2.94. The Morgan fingerprint density at radius 2 is 2.00 bits per heavy atom. The van der Waals surface area contributed by atoms with Gasteiger partial charge in [0.25, 0.3) is 0 Å². The Labute approximate surface area is 169 Å². The van der Waals surface area contributed by atoms with Gasteiger partial charge in [-0.05, 0) is 45.7 Å². The van der Waals surface area contributed by atoms with Gasteiger partial charge in [0.2, 0.25) is 11.8 Å². The van der Waals surface area contributed by atoms with Gasteiger partial charge in [0.05, 0.1) is 18.3 Å². The fourth-order valence-electron chi connectivity index (χ4n) is 3.23.